The molecule has 1 atom stereocenters. The first-order valence-electron chi connectivity index (χ1n) is 7.18. The van der Waals surface area contributed by atoms with Gasteiger partial charge < -0.3 is 10.2 Å². The summed E-state index contributed by atoms with van der Waals surface area (Å²) in [5.41, 5.74) is -1.03. The smallest absolute Gasteiger partial charge is 0.255 e. The Morgan fingerprint density at radius 3 is 2.20 bits per heavy atom. The van der Waals surface area contributed by atoms with Crippen LogP contribution in [-0.2, 0) is 9.59 Å². The lowest BCUT2D eigenvalue weighted by atomic mass is 9.85. The molecule has 4 nitrogen and oxygen atoms in total. The van der Waals surface area contributed by atoms with E-state index in [2.05, 4.69) is 5.32 Å². The van der Waals surface area contributed by atoms with Crippen LogP contribution in [0.15, 0.2) is 0 Å². The summed E-state index contributed by atoms with van der Waals surface area (Å²) >= 11 is 0. The van der Waals surface area contributed by atoms with Crippen LogP contribution in [0.3, 0.4) is 0 Å². The van der Waals surface area contributed by atoms with Crippen molar-refractivity contribution in [3.63, 3.8) is 0 Å². The maximum atomic E-state index is 12.8. The van der Waals surface area contributed by atoms with Crippen molar-refractivity contribution in [3.8, 4) is 0 Å². The third-order valence-electron chi connectivity index (χ3n) is 3.95. The molecule has 1 unspecified atom stereocenters. The first kappa shape index (κ1) is 16.9. The fourth-order valence-corrected chi connectivity index (χ4v) is 2.70. The van der Waals surface area contributed by atoms with Gasteiger partial charge in [-0.1, -0.05) is 27.7 Å². The normalized spacial score (nSPS) is 22.6. The molecule has 0 bridgehead atoms. The number of rotatable bonds is 6. The Kier molecular flexibility index (Phi) is 5.48. The van der Waals surface area contributed by atoms with E-state index in [0.717, 1.165) is 4.90 Å². The van der Waals surface area contributed by atoms with Gasteiger partial charge in [-0.3, -0.25) is 9.59 Å². The van der Waals surface area contributed by atoms with Gasteiger partial charge in [-0.15, -0.1) is 0 Å². The minimum Gasteiger partial charge on any atom is -0.340 e. The molecule has 1 rings (SSSR count). The third kappa shape index (κ3) is 3.27. The zero-order valence-corrected chi connectivity index (χ0v) is 12.6. The summed E-state index contributed by atoms with van der Waals surface area (Å²) in [7, 11) is 0. The molecule has 0 aromatic heterocycles. The molecule has 0 aromatic carbocycles. The molecule has 0 aromatic rings. The number of piperazine rings is 1. The van der Waals surface area contributed by atoms with Gasteiger partial charge in [0.1, 0.15) is 11.6 Å². The lowest BCUT2D eigenvalue weighted by molar-refractivity contribution is -0.158. The van der Waals surface area contributed by atoms with Crippen molar-refractivity contribution >= 4 is 11.8 Å². The van der Waals surface area contributed by atoms with Crippen LogP contribution in [-0.4, -0.2) is 41.3 Å². The molecule has 1 heterocycles. The highest BCUT2D eigenvalue weighted by molar-refractivity contribution is 5.99. The summed E-state index contributed by atoms with van der Waals surface area (Å²) in [5, 5.41) is 2.76. The number of nitrogens with one attached hydrogen (secondary N) is 1. The molecule has 116 valence electrons. The summed E-state index contributed by atoms with van der Waals surface area (Å²) in [4.78, 5) is 25.9. The number of carbonyl (C=O) groups is 2. The van der Waals surface area contributed by atoms with Crippen molar-refractivity contribution in [3.05, 3.63) is 0 Å². The zero-order valence-electron chi connectivity index (χ0n) is 12.6. The molecule has 0 spiro atoms. The lowest BCUT2D eigenvalue weighted by Gasteiger charge is -2.45. The van der Waals surface area contributed by atoms with E-state index in [1.807, 2.05) is 13.8 Å². The van der Waals surface area contributed by atoms with Crippen LogP contribution in [0.4, 0.5) is 8.78 Å². The van der Waals surface area contributed by atoms with Crippen molar-refractivity contribution in [2.45, 2.75) is 65.0 Å². The van der Waals surface area contributed by atoms with Crippen molar-refractivity contribution < 1.29 is 18.4 Å². The van der Waals surface area contributed by atoms with Gasteiger partial charge >= 0.3 is 0 Å². The first-order valence-corrected chi connectivity index (χ1v) is 7.18. The van der Waals surface area contributed by atoms with Crippen LogP contribution in [0.5, 0.6) is 0 Å². The van der Waals surface area contributed by atoms with Gasteiger partial charge in [0.15, 0.2) is 0 Å². The highest BCUT2D eigenvalue weighted by Gasteiger charge is 2.49. The van der Waals surface area contributed by atoms with E-state index >= 15 is 0 Å². The van der Waals surface area contributed by atoms with Crippen LogP contribution in [0.1, 0.15) is 47.0 Å². The SMILES string of the molecule is CCC1(CC)NC(=O)C(CC(C)C)N(CC(F)F)C1=O. The zero-order chi connectivity index (χ0) is 15.5. The van der Waals surface area contributed by atoms with Gasteiger partial charge in [-0.05, 0) is 25.2 Å². The Morgan fingerprint density at radius 2 is 1.80 bits per heavy atom. The molecular formula is C14H24F2N2O2. The van der Waals surface area contributed by atoms with Gasteiger partial charge in [0, 0.05) is 0 Å². The average Bonchev–Trinajstić information content (AvgIpc) is 2.37. The van der Waals surface area contributed by atoms with E-state index in [9.17, 15) is 18.4 Å². The van der Waals surface area contributed by atoms with Gasteiger partial charge in [0.05, 0.1) is 6.54 Å². The molecule has 6 heteroatoms. The second kappa shape index (κ2) is 6.50. The van der Waals surface area contributed by atoms with Crippen molar-refractivity contribution in [2.75, 3.05) is 6.54 Å². The molecule has 2 amide bonds. The molecular weight excluding hydrogens is 266 g/mol. The highest BCUT2D eigenvalue weighted by atomic mass is 19.3. The molecule has 1 N–H and O–H groups in total. The van der Waals surface area contributed by atoms with Crippen molar-refractivity contribution in [2.24, 2.45) is 5.92 Å². The molecule has 0 aliphatic carbocycles. The fourth-order valence-electron chi connectivity index (χ4n) is 2.70. The largest absolute Gasteiger partial charge is 0.340 e. The molecule has 1 aliphatic rings. The van der Waals surface area contributed by atoms with E-state index in [1.165, 1.54) is 0 Å². The average molecular weight is 290 g/mol. The number of carbonyl (C=O) groups excluding carboxylic acids is 2. The second-order valence-corrected chi connectivity index (χ2v) is 5.77. The number of alkyl halides is 2. The number of hydrogen-bond acceptors (Lipinski definition) is 2. The number of amides is 2. The predicted octanol–water partition coefficient (Wildman–Crippen LogP) is 2.18. The molecule has 0 saturated carbocycles. The Morgan fingerprint density at radius 1 is 1.25 bits per heavy atom. The van der Waals surface area contributed by atoms with Gasteiger partial charge in [0.25, 0.3) is 6.43 Å². The minimum atomic E-state index is -2.63. The minimum absolute atomic E-state index is 0.148. The number of nitrogens with zero attached hydrogens (tertiary/aromatic N) is 1. The Bertz CT molecular complexity index is 368. The molecule has 1 aliphatic heterocycles. The maximum absolute atomic E-state index is 12.8. The summed E-state index contributed by atoms with van der Waals surface area (Å²) < 4.78 is 25.5. The van der Waals surface area contributed by atoms with Crippen LogP contribution in [0, 0.1) is 5.92 Å². The second-order valence-electron chi connectivity index (χ2n) is 5.77. The van der Waals surface area contributed by atoms with Crippen LogP contribution in [0.2, 0.25) is 0 Å². The van der Waals surface area contributed by atoms with Crippen LogP contribution >= 0.6 is 0 Å². The monoisotopic (exact) mass is 290 g/mol. The summed E-state index contributed by atoms with van der Waals surface area (Å²) in [6, 6.07) is -0.789. The Hall–Kier alpha value is -1.20. The Balaban J connectivity index is 3.10. The third-order valence-corrected chi connectivity index (χ3v) is 3.95. The Labute approximate surface area is 118 Å². The number of hydrogen-bond donors (Lipinski definition) is 1. The highest BCUT2D eigenvalue weighted by Crippen LogP contribution is 2.28. The number of halogens is 2. The van der Waals surface area contributed by atoms with Crippen LogP contribution < -0.4 is 5.32 Å². The standard InChI is InChI=1S/C14H24F2N2O2/c1-5-14(6-2)13(20)18(8-11(15)16)10(7-9(3)4)12(19)17-14/h9-11H,5-8H2,1-4H3,(H,17,19). The van der Waals surface area contributed by atoms with Crippen molar-refractivity contribution in [1.82, 2.24) is 10.2 Å². The maximum Gasteiger partial charge on any atom is 0.255 e. The summed E-state index contributed by atoms with van der Waals surface area (Å²) in [6.07, 6.45) is -1.43. The molecule has 1 fully saturated rings. The van der Waals surface area contributed by atoms with Gasteiger partial charge in [0.2, 0.25) is 11.8 Å². The van der Waals surface area contributed by atoms with Crippen LogP contribution in [0.25, 0.3) is 0 Å². The quantitative estimate of drug-likeness (QED) is 0.815. The first-order chi connectivity index (χ1) is 9.27. The van der Waals surface area contributed by atoms with Crippen molar-refractivity contribution in [1.29, 1.82) is 0 Å². The van der Waals surface area contributed by atoms with E-state index in [-0.39, 0.29) is 17.7 Å². The lowest BCUT2D eigenvalue weighted by Crippen LogP contribution is -2.70. The molecule has 20 heavy (non-hydrogen) atoms. The molecule has 0 radical (unpaired) electrons. The van der Waals surface area contributed by atoms with E-state index in [0.29, 0.717) is 19.3 Å². The predicted molar refractivity (Wildman–Crippen MR) is 72.4 cm³/mol. The van der Waals surface area contributed by atoms with Gasteiger partial charge in [-0.25, -0.2) is 8.78 Å². The topological polar surface area (TPSA) is 49.4 Å². The summed E-state index contributed by atoms with van der Waals surface area (Å²) in [6.45, 7) is 6.70. The van der Waals surface area contributed by atoms with E-state index < -0.39 is 24.6 Å². The fraction of sp³-hybridized carbons (Fsp3) is 0.857. The van der Waals surface area contributed by atoms with Gasteiger partial charge in [-0.2, -0.15) is 0 Å². The molecule has 1 saturated heterocycles. The van der Waals surface area contributed by atoms with E-state index in [1.54, 1.807) is 13.8 Å². The van der Waals surface area contributed by atoms with E-state index in [4.69, 9.17) is 0 Å². The summed E-state index contributed by atoms with van der Waals surface area (Å²) in [5.74, 6) is -0.551.